The normalized spacial score (nSPS) is 30.5. The largest absolute Gasteiger partial charge is 0.300 e. The van der Waals surface area contributed by atoms with E-state index in [1.165, 1.54) is 25.7 Å². The highest BCUT2D eigenvalue weighted by atomic mass is 16.1. The van der Waals surface area contributed by atoms with Crippen LogP contribution in [0.25, 0.3) is 0 Å². The predicted molar refractivity (Wildman–Crippen MR) is 77.4 cm³/mol. The molecule has 2 fully saturated rings. The summed E-state index contributed by atoms with van der Waals surface area (Å²) in [5.74, 6) is 0.938. The summed E-state index contributed by atoms with van der Waals surface area (Å²) in [6, 6.07) is 9.44. The van der Waals surface area contributed by atoms with Crippen molar-refractivity contribution in [3.8, 4) is 0 Å². The third-order valence-corrected chi connectivity index (χ3v) is 5.12. The highest BCUT2D eigenvalue weighted by molar-refractivity contribution is 5.97. The first kappa shape index (κ1) is 12.9. The van der Waals surface area contributed by atoms with Crippen LogP contribution in [0.1, 0.15) is 48.0 Å². The summed E-state index contributed by atoms with van der Waals surface area (Å²) in [7, 11) is 2.25. The zero-order valence-electron chi connectivity index (χ0n) is 11.9. The number of carbonyl (C=O) groups is 1. The number of rotatable bonds is 3. The van der Waals surface area contributed by atoms with E-state index in [0.29, 0.717) is 11.7 Å². The topological polar surface area (TPSA) is 20.3 Å². The van der Waals surface area contributed by atoms with Crippen LogP contribution in [0, 0.1) is 12.8 Å². The number of hydrogen-bond acceptors (Lipinski definition) is 2. The molecule has 2 aliphatic rings. The Kier molecular flexibility index (Phi) is 3.44. The molecule has 1 aromatic carbocycles. The molecule has 1 aromatic rings. The molecule has 0 amide bonds. The molecule has 0 radical (unpaired) electrons. The Bertz CT molecular complexity index is 468. The van der Waals surface area contributed by atoms with Crippen molar-refractivity contribution in [1.29, 1.82) is 0 Å². The molecule has 19 heavy (non-hydrogen) atoms. The van der Waals surface area contributed by atoms with Gasteiger partial charge in [0.1, 0.15) is 0 Å². The summed E-state index contributed by atoms with van der Waals surface area (Å²) >= 11 is 0. The van der Waals surface area contributed by atoms with Gasteiger partial charge in [-0.25, -0.2) is 0 Å². The Balaban J connectivity index is 1.67. The molecule has 2 unspecified atom stereocenters. The molecule has 0 saturated carbocycles. The van der Waals surface area contributed by atoms with Gasteiger partial charge in [0.05, 0.1) is 0 Å². The van der Waals surface area contributed by atoms with Crippen molar-refractivity contribution in [3.05, 3.63) is 35.4 Å². The number of nitrogens with zero attached hydrogens (tertiary/aromatic N) is 1. The highest BCUT2D eigenvalue weighted by Crippen LogP contribution is 2.39. The van der Waals surface area contributed by atoms with E-state index in [1.54, 1.807) is 0 Å². The Morgan fingerprint density at radius 3 is 2.47 bits per heavy atom. The lowest BCUT2D eigenvalue weighted by molar-refractivity contribution is 0.0882. The lowest BCUT2D eigenvalue weighted by atomic mass is 9.85. The average Bonchev–Trinajstić information content (AvgIpc) is 2.63. The Hall–Kier alpha value is -1.15. The van der Waals surface area contributed by atoms with Crippen LogP contribution in [0.2, 0.25) is 0 Å². The third kappa shape index (κ3) is 2.46. The average molecular weight is 257 g/mol. The SMILES string of the molecule is Cc1ccccc1C(=O)CC1CC2CCC(C1)N2C. The molecule has 2 aliphatic heterocycles. The smallest absolute Gasteiger partial charge is 0.163 e. The Labute approximate surface area is 115 Å². The van der Waals surface area contributed by atoms with Gasteiger partial charge in [0.15, 0.2) is 5.78 Å². The number of benzene rings is 1. The zero-order chi connectivity index (χ0) is 13.4. The first-order valence-corrected chi connectivity index (χ1v) is 7.46. The van der Waals surface area contributed by atoms with E-state index in [2.05, 4.69) is 11.9 Å². The molecule has 2 nitrogen and oxygen atoms in total. The fourth-order valence-corrected chi connectivity index (χ4v) is 3.95. The maximum absolute atomic E-state index is 12.4. The molecule has 2 heterocycles. The van der Waals surface area contributed by atoms with E-state index in [-0.39, 0.29) is 0 Å². The monoisotopic (exact) mass is 257 g/mol. The van der Waals surface area contributed by atoms with Gasteiger partial charge >= 0.3 is 0 Å². The molecule has 0 N–H and O–H groups in total. The molecular weight excluding hydrogens is 234 g/mol. The second-order valence-corrected chi connectivity index (χ2v) is 6.33. The van der Waals surface area contributed by atoms with Crippen molar-refractivity contribution in [3.63, 3.8) is 0 Å². The van der Waals surface area contributed by atoms with E-state index in [9.17, 15) is 4.79 Å². The van der Waals surface area contributed by atoms with Crippen LogP contribution in [-0.4, -0.2) is 29.8 Å². The fourth-order valence-electron chi connectivity index (χ4n) is 3.95. The summed E-state index contributed by atoms with van der Waals surface area (Å²) in [5.41, 5.74) is 2.04. The second-order valence-electron chi connectivity index (χ2n) is 6.33. The van der Waals surface area contributed by atoms with Crippen LogP contribution < -0.4 is 0 Å². The van der Waals surface area contributed by atoms with Crippen LogP contribution in [0.4, 0.5) is 0 Å². The standard InChI is InChI=1S/C17H23NO/c1-12-5-3-4-6-16(12)17(19)11-13-9-14-7-8-15(10-13)18(14)2/h3-6,13-15H,7-11H2,1-2H3. The number of ketones is 1. The first-order chi connectivity index (χ1) is 9.15. The summed E-state index contributed by atoms with van der Waals surface area (Å²) < 4.78 is 0. The van der Waals surface area contributed by atoms with E-state index < -0.39 is 0 Å². The molecule has 2 atom stereocenters. The quantitative estimate of drug-likeness (QED) is 0.773. The van der Waals surface area contributed by atoms with Crippen molar-refractivity contribution in [2.24, 2.45) is 5.92 Å². The second kappa shape index (κ2) is 5.09. The van der Waals surface area contributed by atoms with Gasteiger partial charge in [0.25, 0.3) is 0 Å². The van der Waals surface area contributed by atoms with Crippen molar-refractivity contribution in [2.75, 3.05) is 7.05 Å². The number of aryl methyl sites for hydroxylation is 1. The van der Waals surface area contributed by atoms with E-state index in [1.807, 2.05) is 31.2 Å². The van der Waals surface area contributed by atoms with Gasteiger partial charge in [-0.3, -0.25) is 4.79 Å². The number of hydrogen-bond donors (Lipinski definition) is 0. The fraction of sp³-hybridized carbons (Fsp3) is 0.588. The Morgan fingerprint density at radius 1 is 1.21 bits per heavy atom. The van der Waals surface area contributed by atoms with Gasteiger partial charge in [-0.05, 0) is 51.1 Å². The lowest BCUT2D eigenvalue weighted by Gasteiger charge is -2.36. The first-order valence-electron chi connectivity index (χ1n) is 7.46. The van der Waals surface area contributed by atoms with Gasteiger partial charge in [0.2, 0.25) is 0 Å². The number of Topliss-reactive ketones (excluding diaryl/α,β-unsaturated/α-hetero) is 1. The summed E-state index contributed by atoms with van der Waals surface area (Å²) in [6.07, 6.45) is 5.83. The van der Waals surface area contributed by atoms with E-state index in [0.717, 1.165) is 29.6 Å². The van der Waals surface area contributed by atoms with Gasteiger partial charge in [-0.1, -0.05) is 24.3 Å². The molecule has 2 bridgehead atoms. The number of piperidine rings is 1. The summed E-state index contributed by atoms with van der Waals surface area (Å²) in [4.78, 5) is 15.0. The lowest BCUT2D eigenvalue weighted by Crippen LogP contribution is -2.40. The molecule has 2 saturated heterocycles. The van der Waals surface area contributed by atoms with E-state index >= 15 is 0 Å². The van der Waals surface area contributed by atoms with Gasteiger partial charge in [-0.2, -0.15) is 0 Å². The summed E-state index contributed by atoms with van der Waals surface area (Å²) in [6.45, 7) is 2.03. The molecule has 0 aliphatic carbocycles. The van der Waals surface area contributed by atoms with Crippen LogP contribution in [0.5, 0.6) is 0 Å². The van der Waals surface area contributed by atoms with Crippen LogP contribution in [-0.2, 0) is 0 Å². The Morgan fingerprint density at radius 2 is 1.84 bits per heavy atom. The van der Waals surface area contributed by atoms with Gasteiger partial charge < -0.3 is 4.90 Å². The van der Waals surface area contributed by atoms with Gasteiger partial charge in [0, 0.05) is 24.1 Å². The third-order valence-electron chi connectivity index (χ3n) is 5.12. The molecule has 0 spiro atoms. The minimum absolute atomic E-state index is 0.340. The number of fused-ring (bicyclic) bond motifs is 2. The van der Waals surface area contributed by atoms with Crippen molar-refractivity contribution in [2.45, 2.75) is 51.1 Å². The molecule has 102 valence electrons. The van der Waals surface area contributed by atoms with Crippen LogP contribution in [0.15, 0.2) is 24.3 Å². The van der Waals surface area contributed by atoms with Crippen LogP contribution >= 0.6 is 0 Å². The number of carbonyl (C=O) groups excluding carboxylic acids is 1. The predicted octanol–water partition coefficient (Wildman–Crippen LogP) is 3.44. The highest BCUT2D eigenvalue weighted by Gasteiger charge is 2.38. The van der Waals surface area contributed by atoms with Crippen molar-refractivity contribution in [1.82, 2.24) is 4.90 Å². The summed E-state index contributed by atoms with van der Waals surface area (Å²) in [5, 5.41) is 0. The van der Waals surface area contributed by atoms with Crippen molar-refractivity contribution < 1.29 is 4.79 Å². The molecule has 2 heteroatoms. The van der Waals surface area contributed by atoms with Crippen LogP contribution in [0.3, 0.4) is 0 Å². The van der Waals surface area contributed by atoms with Gasteiger partial charge in [-0.15, -0.1) is 0 Å². The minimum atomic E-state index is 0.340. The molecular formula is C17H23NO. The molecule has 3 rings (SSSR count). The zero-order valence-corrected chi connectivity index (χ0v) is 11.9. The minimum Gasteiger partial charge on any atom is -0.300 e. The van der Waals surface area contributed by atoms with Crippen molar-refractivity contribution >= 4 is 5.78 Å². The van der Waals surface area contributed by atoms with E-state index in [4.69, 9.17) is 0 Å². The maximum Gasteiger partial charge on any atom is 0.163 e. The molecule has 0 aromatic heterocycles. The maximum atomic E-state index is 12.4.